The molecule has 0 bridgehead atoms. The van der Waals surface area contributed by atoms with Gasteiger partial charge in [0.1, 0.15) is 5.78 Å². The molecule has 86 valence electrons. The minimum Gasteiger partial charge on any atom is -0.392 e. The standard InChI is InChI=1S/C14H18O2/c1-14(10-11-6-3-2-4-7-11)12(15)8-5-9-13(14)16/h2-4,6-7,12,15H,5,8-10H2,1H3/t12-,14-/m0/s1. The molecule has 1 fully saturated rings. The Hall–Kier alpha value is -1.15. The summed E-state index contributed by atoms with van der Waals surface area (Å²) in [5.41, 5.74) is 0.541. The van der Waals surface area contributed by atoms with Crippen LogP contribution in [0.2, 0.25) is 0 Å². The summed E-state index contributed by atoms with van der Waals surface area (Å²) < 4.78 is 0. The van der Waals surface area contributed by atoms with Gasteiger partial charge < -0.3 is 5.11 Å². The maximum absolute atomic E-state index is 12.0. The van der Waals surface area contributed by atoms with Crippen molar-refractivity contribution in [3.8, 4) is 0 Å². The Kier molecular flexibility index (Phi) is 3.10. The van der Waals surface area contributed by atoms with Crippen LogP contribution in [0.1, 0.15) is 31.7 Å². The Labute approximate surface area is 96.3 Å². The molecule has 1 aromatic rings. The third-order valence-electron chi connectivity index (χ3n) is 3.67. The number of benzene rings is 1. The number of carbonyl (C=O) groups is 1. The summed E-state index contributed by atoms with van der Waals surface area (Å²) in [6.45, 7) is 1.90. The minimum atomic E-state index is -0.584. The Morgan fingerprint density at radius 2 is 2.06 bits per heavy atom. The van der Waals surface area contributed by atoms with Gasteiger partial charge in [-0.2, -0.15) is 0 Å². The van der Waals surface area contributed by atoms with Crippen molar-refractivity contribution in [3.63, 3.8) is 0 Å². The van der Waals surface area contributed by atoms with Crippen molar-refractivity contribution in [3.05, 3.63) is 35.9 Å². The number of ketones is 1. The predicted molar refractivity (Wildman–Crippen MR) is 63.1 cm³/mol. The Balaban J connectivity index is 2.20. The molecule has 0 heterocycles. The summed E-state index contributed by atoms with van der Waals surface area (Å²) in [5.74, 6) is 0.204. The molecule has 0 unspecified atom stereocenters. The molecule has 2 rings (SSSR count). The molecule has 1 N–H and O–H groups in total. The van der Waals surface area contributed by atoms with Crippen molar-refractivity contribution >= 4 is 5.78 Å². The maximum Gasteiger partial charge on any atom is 0.141 e. The highest BCUT2D eigenvalue weighted by atomic mass is 16.3. The first-order valence-corrected chi connectivity index (χ1v) is 5.88. The fraction of sp³-hybridized carbons (Fsp3) is 0.500. The lowest BCUT2D eigenvalue weighted by Crippen LogP contribution is -2.44. The van der Waals surface area contributed by atoms with Gasteiger partial charge in [-0.15, -0.1) is 0 Å². The fourth-order valence-electron chi connectivity index (χ4n) is 2.48. The molecule has 0 radical (unpaired) electrons. The molecule has 0 amide bonds. The molecular formula is C14H18O2. The smallest absolute Gasteiger partial charge is 0.141 e. The van der Waals surface area contributed by atoms with E-state index in [4.69, 9.17) is 0 Å². The highest BCUT2D eigenvalue weighted by molar-refractivity contribution is 5.86. The van der Waals surface area contributed by atoms with Gasteiger partial charge in [-0.05, 0) is 31.7 Å². The van der Waals surface area contributed by atoms with Crippen molar-refractivity contribution < 1.29 is 9.90 Å². The summed E-state index contributed by atoms with van der Waals surface area (Å²) in [6, 6.07) is 9.93. The maximum atomic E-state index is 12.0. The average molecular weight is 218 g/mol. The monoisotopic (exact) mass is 218 g/mol. The third kappa shape index (κ3) is 2.03. The first-order valence-electron chi connectivity index (χ1n) is 5.88. The SMILES string of the molecule is C[C@@]1(Cc2ccccc2)C(=O)CCC[C@@H]1O. The number of aliphatic hydroxyl groups is 1. The largest absolute Gasteiger partial charge is 0.392 e. The van der Waals surface area contributed by atoms with Crippen molar-refractivity contribution in [2.45, 2.75) is 38.7 Å². The van der Waals surface area contributed by atoms with Crippen LogP contribution >= 0.6 is 0 Å². The Morgan fingerprint density at radius 1 is 1.38 bits per heavy atom. The molecule has 2 atom stereocenters. The van der Waals surface area contributed by atoms with E-state index in [-0.39, 0.29) is 5.78 Å². The highest BCUT2D eigenvalue weighted by Crippen LogP contribution is 2.36. The first kappa shape index (κ1) is 11.3. The molecule has 0 aromatic heterocycles. The number of Topliss-reactive ketones (excluding diaryl/α,β-unsaturated/α-hetero) is 1. The zero-order valence-electron chi connectivity index (χ0n) is 9.65. The van der Waals surface area contributed by atoms with Crippen molar-refractivity contribution in [2.24, 2.45) is 5.41 Å². The summed E-state index contributed by atoms with van der Waals surface area (Å²) in [4.78, 5) is 12.0. The molecule has 2 nitrogen and oxygen atoms in total. The van der Waals surface area contributed by atoms with Gasteiger partial charge in [0.2, 0.25) is 0 Å². The van der Waals surface area contributed by atoms with E-state index in [2.05, 4.69) is 0 Å². The lowest BCUT2D eigenvalue weighted by atomic mass is 9.69. The van der Waals surface area contributed by atoms with E-state index >= 15 is 0 Å². The van der Waals surface area contributed by atoms with Crippen LogP contribution in [0.3, 0.4) is 0 Å². The normalized spacial score (nSPS) is 30.4. The molecule has 1 aromatic carbocycles. The molecule has 2 heteroatoms. The van der Waals surface area contributed by atoms with E-state index in [9.17, 15) is 9.90 Å². The van der Waals surface area contributed by atoms with Gasteiger partial charge in [-0.1, -0.05) is 30.3 Å². The summed E-state index contributed by atoms with van der Waals surface area (Å²) in [7, 11) is 0. The van der Waals surface area contributed by atoms with E-state index < -0.39 is 11.5 Å². The molecule has 0 aliphatic heterocycles. The molecule has 1 aliphatic carbocycles. The van der Waals surface area contributed by atoms with Crippen LogP contribution in [0.15, 0.2) is 30.3 Å². The van der Waals surface area contributed by atoms with E-state index in [0.29, 0.717) is 12.8 Å². The number of carbonyl (C=O) groups excluding carboxylic acids is 1. The first-order chi connectivity index (χ1) is 7.63. The zero-order valence-corrected chi connectivity index (χ0v) is 9.65. The van der Waals surface area contributed by atoms with Gasteiger partial charge in [-0.3, -0.25) is 4.79 Å². The Morgan fingerprint density at radius 3 is 2.69 bits per heavy atom. The summed E-state index contributed by atoms with van der Waals surface area (Å²) >= 11 is 0. The van der Waals surface area contributed by atoms with Crippen molar-refractivity contribution in [2.75, 3.05) is 0 Å². The van der Waals surface area contributed by atoms with Gasteiger partial charge in [0.05, 0.1) is 11.5 Å². The van der Waals surface area contributed by atoms with Gasteiger partial charge in [0, 0.05) is 6.42 Å². The lowest BCUT2D eigenvalue weighted by molar-refractivity contribution is -0.138. The second kappa shape index (κ2) is 4.38. The predicted octanol–water partition coefficient (Wildman–Crippen LogP) is 2.35. The summed E-state index contributed by atoms with van der Waals surface area (Å²) in [5, 5.41) is 10.0. The number of hydrogen-bond acceptors (Lipinski definition) is 2. The zero-order chi connectivity index (χ0) is 11.6. The minimum absolute atomic E-state index is 0.204. The van der Waals surface area contributed by atoms with Crippen LogP contribution in [-0.2, 0) is 11.2 Å². The second-order valence-electron chi connectivity index (χ2n) is 4.91. The second-order valence-corrected chi connectivity index (χ2v) is 4.91. The fourth-order valence-corrected chi connectivity index (χ4v) is 2.48. The van der Waals surface area contributed by atoms with Gasteiger partial charge in [-0.25, -0.2) is 0 Å². The average Bonchev–Trinajstić information content (AvgIpc) is 2.28. The number of aliphatic hydroxyl groups excluding tert-OH is 1. The quantitative estimate of drug-likeness (QED) is 0.827. The lowest BCUT2D eigenvalue weighted by Gasteiger charge is -2.37. The van der Waals surface area contributed by atoms with Crippen molar-refractivity contribution in [1.82, 2.24) is 0 Å². The van der Waals surface area contributed by atoms with Gasteiger partial charge in [0.25, 0.3) is 0 Å². The molecule has 1 aliphatic rings. The van der Waals surface area contributed by atoms with E-state index in [1.807, 2.05) is 37.3 Å². The van der Waals surface area contributed by atoms with E-state index in [1.54, 1.807) is 0 Å². The third-order valence-corrected chi connectivity index (χ3v) is 3.67. The van der Waals surface area contributed by atoms with Crippen LogP contribution in [0.5, 0.6) is 0 Å². The molecule has 1 saturated carbocycles. The van der Waals surface area contributed by atoms with Crippen LogP contribution in [0, 0.1) is 5.41 Å². The molecule has 0 spiro atoms. The van der Waals surface area contributed by atoms with Crippen LogP contribution in [-0.4, -0.2) is 17.0 Å². The topological polar surface area (TPSA) is 37.3 Å². The van der Waals surface area contributed by atoms with Crippen LogP contribution < -0.4 is 0 Å². The Bertz CT molecular complexity index is 372. The van der Waals surface area contributed by atoms with Crippen LogP contribution in [0.4, 0.5) is 0 Å². The van der Waals surface area contributed by atoms with Crippen molar-refractivity contribution in [1.29, 1.82) is 0 Å². The van der Waals surface area contributed by atoms with E-state index in [1.165, 1.54) is 0 Å². The highest BCUT2D eigenvalue weighted by Gasteiger charge is 2.42. The summed E-state index contributed by atoms with van der Waals surface area (Å²) in [6.07, 6.45) is 2.34. The molecule has 16 heavy (non-hydrogen) atoms. The van der Waals surface area contributed by atoms with Gasteiger partial charge >= 0.3 is 0 Å². The molecular weight excluding hydrogens is 200 g/mol. The van der Waals surface area contributed by atoms with E-state index in [0.717, 1.165) is 18.4 Å². The number of hydrogen-bond donors (Lipinski definition) is 1. The molecule has 0 saturated heterocycles. The van der Waals surface area contributed by atoms with Gasteiger partial charge in [0.15, 0.2) is 0 Å². The number of rotatable bonds is 2. The van der Waals surface area contributed by atoms with Crippen LogP contribution in [0.25, 0.3) is 0 Å².